The molecule has 0 saturated carbocycles. The number of aryl methyl sites for hydroxylation is 1. The van der Waals surface area contributed by atoms with E-state index in [-0.39, 0.29) is 12.4 Å². The lowest BCUT2D eigenvalue weighted by atomic mass is 9.95. The largest absolute Gasteiger partial charge is 0.507 e. The Morgan fingerprint density at radius 3 is 2.61 bits per heavy atom. The maximum absolute atomic E-state index is 12.4. The molecule has 28 heavy (non-hydrogen) atoms. The Bertz CT molecular complexity index is 930. The molecule has 0 radical (unpaired) electrons. The topological polar surface area (TPSA) is 92.7 Å². The molecule has 0 saturated heterocycles. The number of fused-ring (bicyclic) bond motifs is 1. The number of aliphatic hydroxyl groups excluding tert-OH is 1. The van der Waals surface area contributed by atoms with Crippen molar-refractivity contribution < 1.29 is 24.2 Å². The van der Waals surface area contributed by atoms with E-state index in [0.29, 0.717) is 16.1 Å². The molecule has 0 atom stereocenters. The van der Waals surface area contributed by atoms with E-state index < -0.39 is 17.7 Å². The fourth-order valence-corrected chi connectivity index (χ4v) is 4.39. The number of carbonyl (C=O) groups is 3. The van der Waals surface area contributed by atoms with Crippen LogP contribution >= 0.6 is 11.3 Å². The van der Waals surface area contributed by atoms with Gasteiger partial charge in [-0.15, -0.1) is 11.3 Å². The molecule has 1 aromatic carbocycles. The highest BCUT2D eigenvalue weighted by molar-refractivity contribution is 7.17. The van der Waals surface area contributed by atoms with Crippen LogP contribution in [-0.2, 0) is 27.2 Å². The maximum atomic E-state index is 12.4. The molecule has 1 aromatic heterocycles. The summed E-state index contributed by atoms with van der Waals surface area (Å²) in [6.07, 6.45) is 4.46. The fourth-order valence-electron chi connectivity index (χ4n) is 3.12. The monoisotopic (exact) mass is 399 g/mol. The Morgan fingerprint density at radius 1 is 1.18 bits per heavy atom. The van der Waals surface area contributed by atoms with Crippen molar-refractivity contribution in [2.45, 2.75) is 32.6 Å². The molecule has 146 valence electrons. The number of thiophene rings is 1. The number of hydrogen-bond donors (Lipinski definition) is 2. The summed E-state index contributed by atoms with van der Waals surface area (Å²) in [6.45, 7) is 1.94. The first kappa shape index (κ1) is 19.8. The lowest BCUT2D eigenvalue weighted by molar-refractivity contribution is -0.131. The zero-order valence-electron chi connectivity index (χ0n) is 15.5. The number of nitrogens with one attached hydrogen (secondary N) is 1. The third-order valence-electron chi connectivity index (χ3n) is 4.44. The van der Waals surface area contributed by atoms with E-state index in [4.69, 9.17) is 4.74 Å². The van der Waals surface area contributed by atoms with E-state index in [9.17, 15) is 19.5 Å². The second kappa shape index (κ2) is 8.84. The van der Waals surface area contributed by atoms with E-state index in [1.54, 1.807) is 37.3 Å². The van der Waals surface area contributed by atoms with Crippen molar-refractivity contribution in [2.24, 2.45) is 0 Å². The third kappa shape index (κ3) is 4.31. The van der Waals surface area contributed by atoms with E-state index in [1.807, 2.05) is 0 Å². The van der Waals surface area contributed by atoms with E-state index in [2.05, 4.69) is 5.32 Å². The van der Waals surface area contributed by atoms with Gasteiger partial charge in [0.1, 0.15) is 10.8 Å². The predicted octanol–water partition coefficient (Wildman–Crippen LogP) is 3.91. The molecule has 1 aliphatic rings. The Labute approximate surface area is 166 Å². The van der Waals surface area contributed by atoms with E-state index >= 15 is 0 Å². The van der Waals surface area contributed by atoms with Crippen LogP contribution in [0.2, 0.25) is 0 Å². The van der Waals surface area contributed by atoms with E-state index in [1.165, 1.54) is 11.3 Å². The Kier molecular flexibility index (Phi) is 6.26. The number of ketones is 1. The van der Waals surface area contributed by atoms with Gasteiger partial charge in [0.15, 0.2) is 0 Å². The van der Waals surface area contributed by atoms with Crippen LogP contribution < -0.4 is 5.32 Å². The zero-order valence-corrected chi connectivity index (χ0v) is 16.3. The summed E-state index contributed by atoms with van der Waals surface area (Å²) in [4.78, 5) is 38.0. The smallest absolute Gasteiger partial charge is 0.341 e. The highest BCUT2D eigenvalue weighted by Crippen LogP contribution is 2.38. The summed E-state index contributed by atoms with van der Waals surface area (Å²) in [7, 11) is 0. The van der Waals surface area contributed by atoms with Crippen molar-refractivity contribution in [2.75, 3.05) is 11.9 Å². The zero-order chi connectivity index (χ0) is 20.1. The minimum Gasteiger partial charge on any atom is -0.507 e. The van der Waals surface area contributed by atoms with Gasteiger partial charge < -0.3 is 15.2 Å². The lowest BCUT2D eigenvalue weighted by Gasteiger charge is -2.12. The van der Waals surface area contributed by atoms with Crippen molar-refractivity contribution in [3.8, 4) is 0 Å². The van der Waals surface area contributed by atoms with Gasteiger partial charge in [0, 0.05) is 16.5 Å². The van der Waals surface area contributed by atoms with Crippen LogP contribution in [0.5, 0.6) is 0 Å². The Morgan fingerprint density at radius 2 is 1.89 bits per heavy atom. The van der Waals surface area contributed by atoms with Crippen molar-refractivity contribution >= 4 is 39.8 Å². The second-order valence-electron chi connectivity index (χ2n) is 6.35. The summed E-state index contributed by atoms with van der Waals surface area (Å²) in [6, 6.07) is 8.46. The van der Waals surface area contributed by atoms with Crippen LogP contribution in [-0.4, -0.2) is 29.4 Å². The van der Waals surface area contributed by atoms with Crippen LogP contribution in [0.3, 0.4) is 0 Å². The molecular weight excluding hydrogens is 378 g/mol. The molecule has 2 aromatic rings. The first-order valence-electron chi connectivity index (χ1n) is 9.14. The van der Waals surface area contributed by atoms with Crippen LogP contribution in [0.1, 0.15) is 46.1 Å². The number of amides is 1. The minimum atomic E-state index is -0.911. The quantitative estimate of drug-likeness (QED) is 0.332. The number of rotatable bonds is 6. The first-order chi connectivity index (χ1) is 13.5. The maximum Gasteiger partial charge on any atom is 0.341 e. The summed E-state index contributed by atoms with van der Waals surface area (Å²) in [5.74, 6) is -2.60. The van der Waals surface area contributed by atoms with Gasteiger partial charge in [0.25, 0.3) is 5.91 Å². The van der Waals surface area contributed by atoms with Crippen LogP contribution in [0.15, 0.2) is 36.4 Å². The summed E-state index contributed by atoms with van der Waals surface area (Å²) >= 11 is 1.31. The average Bonchev–Trinajstić information content (AvgIpc) is 3.06. The normalized spacial score (nSPS) is 13.5. The van der Waals surface area contributed by atoms with Gasteiger partial charge in [0.2, 0.25) is 5.78 Å². The summed E-state index contributed by atoms with van der Waals surface area (Å²) < 4.78 is 5.14. The number of anilines is 1. The molecular formula is C21H21NO5S. The molecule has 3 rings (SSSR count). The third-order valence-corrected chi connectivity index (χ3v) is 5.65. The van der Waals surface area contributed by atoms with E-state index in [0.717, 1.165) is 42.2 Å². The van der Waals surface area contributed by atoms with Crippen molar-refractivity contribution in [3.05, 3.63) is 58.0 Å². The van der Waals surface area contributed by atoms with Crippen molar-refractivity contribution in [1.29, 1.82) is 0 Å². The molecule has 0 fully saturated rings. The average molecular weight is 399 g/mol. The van der Waals surface area contributed by atoms with Crippen molar-refractivity contribution in [1.82, 2.24) is 0 Å². The number of benzene rings is 1. The van der Waals surface area contributed by atoms with Gasteiger partial charge in [-0.2, -0.15) is 0 Å². The SMILES string of the molecule is CCOC(=O)c1c(NC(=O)C(=O)/C=C(\O)c2ccccc2)sc2c1CCCC2. The Balaban J connectivity index is 1.82. The van der Waals surface area contributed by atoms with Gasteiger partial charge in [-0.3, -0.25) is 9.59 Å². The number of hydrogen-bond acceptors (Lipinski definition) is 6. The van der Waals surface area contributed by atoms with Gasteiger partial charge in [-0.05, 0) is 38.2 Å². The highest BCUT2D eigenvalue weighted by Gasteiger charge is 2.28. The Hall–Kier alpha value is -2.93. The molecule has 1 heterocycles. The first-order valence-corrected chi connectivity index (χ1v) is 9.96. The van der Waals surface area contributed by atoms with Gasteiger partial charge in [-0.25, -0.2) is 4.79 Å². The highest BCUT2D eigenvalue weighted by atomic mass is 32.1. The number of esters is 1. The van der Waals surface area contributed by atoms with Gasteiger partial charge in [-0.1, -0.05) is 30.3 Å². The molecule has 6 nitrogen and oxygen atoms in total. The minimum absolute atomic E-state index is 0.226. The standard InChI is InChI=1S/C21H21NO5S/c1-2-27-21(26)18-14-10-6-7-11-17(14)28-20(18)22-19(25)16(24)12-15(23)13-8-4-3-5-9-13/h3-5,8-9,12,23H,2,6-7,10-11H2,1H3,(H,22,25)/b15-12-. The van der Waals surface area contributed by atoms with Crippen LogP contribution in [0.25, 0.3) is 5.76 Å². The van der Waals surface area contributed by atoms with Gasteiger partial charge >= 0.3 is 5.97 Å². The predicted molar refractivity (Wildman–Crippen MR) is 108 cm³/mol. The fraction of sp³-hybridized carbons (Fsp3) is 0.286. The molecule has 7 heteroatoms. The molecule has 0 bridgehead atoms. The summed E-state index contributed by atoms with van der Waals surface area (Å²) in [5, 5.41) is 12.9. The second-order valence-corrected chi connectivity index (χ2v) is 7.45. The molecule has 0 unspecified atom stereocenters. The number of aliphatic hydroxyl groups is 1. The number of ether oxygens (including phenoxy) is 1. The van der Waals surface area contributed by atoms with Gasteiger partial charge in [0.05, 0.1) is 12.2 Å². The molecule has 1 aliphatic carbocycles. The molecule has 2 N–H and O–H groups in total. The lowest BCUT2D eigenvalue weighted by Crippen LogP contribution is -2.22. The van der Waals surface area contributed by atoms with Crippen molar-refractivity contribution in [3.63, 3.8) is 0 Å². The summed E-state index contributed by atoms with van der Waals surface area (Å²) in [5.41, 5.74) is 1.68. The number of carbonyl (C=O) groups excluding carboxylic acids is 3. The molecule has 0 aliphatic heterocycles. The molecule has 0 spiro atoms. The van der Waals surface area contributed by atoms with Crippen LogP contribution in [0, 0.1) is 0 Å². The van der Waals surface area contributed by atoms with Crippen LogP contribution in [0.4, 0.5) is 5.00 Å². The molecule has 1 amide bonds.